The molecule has 80 valence electrons. The molecule has 0 spiro atoms. The van der Waals surface area contributed by atoms with Crippen LogP contribution in [0, 0.1) is 0 Å². The van der Waals surface area contributed by atoms with Gasteiger partial charge >= 0.3 is 0 Å². The van der Waals surface area contributed by atoms with Crippen LogP contribution in [0.3, 0.4) is 0 Å². The van der Waals surface area contributed by atoms with Crippen LogP contribution in [0.25, 0.3) is 0 Å². The number of nitrogens with zero attached hydrogens (tertiary/aromatic N) is 2. The quantitative estimate of drug-likeness (QED) is 0.591. The Morgan fingerprint density at radius 2 is 0.857 bits per heavy atom. The summed E-state index contributed by atoms with van der Waals surface area (Å²) >= 11 is 0. The summed E-state index contributed by atoms with van der Waals surface area (Å²) in [6, 6.07) is 1.15. The standard InChI is InChI=1S/C12H22N2/c1-3-7-11(8-4-1)13-14-12-9-5-2-6-10-12/h11-12H,1-10H2. The van der Waals surface area contributed by atoms with E-state index in [2.05, 4.69) is 10.2 Å². The Kier molecular flexibility index (Phi) is 3.96. The van der Waals surface area contributed by atoms with E-state index in [4.69, 9.17) is 0 Å². The summed E-state index contributed by atoms with van der Waals surface area (Å²) in [6.45, 7) is 0. The smallest absolute Gasteiger partial charge is 0.0708 e. The molecule has 0 aromatic heterocycles. The second kappa shape index (κ2) is 5.47. The highest BCUT2D eigenvalue weighted by molar-refractivity contribution is 4.73. The average molecular weight is 194 g/mol. The van der Waals surface area contributed by atoms with Gasteiger partial charge in [-0.05, 0) is 25.7 Å². The molecule has 0 unspecified atom stereocenters. The summed E-state index contributed by atoms with van der Waals surface area (Å²) < 4.78 is 0. The summed E-state index contributed by atoms with van der Waals surface area (Å²) in [5.74, 6) is 0. The SMILES string of the molecule is C1CCC(N=NC2CCCCC2)CC1. The lowest BCUT2D eigenvalue weighted by atomic mass is 9.95. The van der Waals surface area contributed by atoms with Crippen molar-refractivity contribution in [2.75, 3.05) is 0 Å². The molecule has 2 aliphatic carbocycles. The first-order valence-electron chi connectivity index (χ1n) is 6.35. The highest BCUT2D eigenvalue weighted by Gasteiger charge is 2.15. The van der Waals surface area contributed by atoms with E-state index in [0.717, 1.165) is 0 Å². The third-order valence-corrected chi connectivity index (χ3v) is 3.54. The Labute approximate surface area is 87.2 Å². The van der Waals surface area contributed by atoms with E-state index >= 15 is 0 Å². The molecule has 2 saturated carbocycles. The zero-order valence-corrected chi connectivity index (χ0v) is 9.12. The summed E-state index contributed by atoms with van der Waals surface area (Å²) in [6.07, 6.45) is 13.5. The zero-order chi connectivity index (χ0) is 9.64. The second-order valence-corrected chi connectivity index (χ2v) is 4.81. The molecule has 0 atom stereocenters. The largest absolute Gasteiger partial charge is 0.191 e. The van der Waals surface area contributed by atoms with Gasteiger partial charge in [-0.3, -0.25) is 0 Å². The fourth-order valence-corrected chi connectivity index (χ4v) is 2.58. The maximum Gasteiger partial charge on any atom is 0.0708 e. The van der Waals surface area contributed by atoms with Gasteiger partial charge in [-0.25, -0.2) is 0 Å². The lowest BCUT2D eigenvalue weighted by Gasteiger charge is -2.19. The van der Waals surface area contributed by atoms with Crippen molar-refractivity contribution < 1.29 is 0 Å². The van der Waals surface area contributed by atoms with E-state index in [1.54, 1.807) is 0 Å². The van der Waals surface area contributed by atoms with Crippen LogP contribution < -0.4 is 0 Å². The number of hydrogen-bond acceptors (Lipinski definition) is 2. The fraction of sp³-hybridized carbons (Fsp3) is 1.00. The minimum Gasteiger partial charge on any atom is -0.191 e. The third kappa shape index (κ3) is 3.07. The Morgan fingerprint density at radius 3 is 1.21 bits per heavy atom. The van der Waals surface area contributed by atoms with Crippen molar-refractivity contribution in [2.45, 2.75) is 76.3 Å². The predicted octanol–water partition coefficient (Wildman–Crippen LogP) is 4.10. The Hall–Kier alpha value is -0.400. The molecule has 0 bridgehead atoms. The molecule has 0 aromatic carbocycles. The molecule has 14 heavy (non-hydrogen) atoms. The lowest BCUT2D eigenvalue weighted by molar-refractivity contribution is 0.390. The van der Waals surface area contributed by atoms with Crippen molar-refractivity contribution >= 4 is 0 Å². The van der Waals surface area contributed by atoms with E-state index in [1.807, 2.05) is 0 Å². The van der Waals surface area contributed by atoms with Crippen molar-refractivity contribution in [3.05, 3.63) is 0 Å². The van der Waals surface area contributed by atoms with Gasteiger partial charge < -0.3 is 0 Å². The van der Waals surface area contributed by atoms with Gasteiger partial charge in [0, 0.05) is 0 Å². The summed E-state index contributed by atoms with van der Waals surface area (Å²) in [5, 5.41) is 9.06. The van der Waals surface area contributed by atoms with Crippen LogP contribution in [0.15, 0.2) is 10.2 Å². The molecule has 0 N–H and O–H groups in total. The number of rotatable bonds is 2. The molecule has 0 heterocycles. The number of hydrogen-bond donors (Lipinski definition) is 0. The van der Waals surface area contributed by atoms with Crippen molar-refractivity contribution in [2.24, 2.45) is 10.2 Å². The van der Waals surface area contributed by atoms with Crippen molar-refractivity contribution in [3.8, 4) is 0 Å². The van der Waals surface area contributed by atoms with Gasteiger partial charge in [-0.2, -0.15) is 10.2 Å². The van der Waals surface area contributed by atoms with Crippen LogP contribution in [-0.4, -0.2) is 12.1 Å². The third-order valence-electron chi connectivity index (χ3n) is 3.54. The van der Waals surface area contributed by atoms with Crippen molar-refractivity contribution in [1.29, 1.82) is 0 Å². The molecule has 2 nitrogen and oxygen atoms in total. The molecule has 2 rings (SSSR count). The molecule has 0 radical (unpaired) electrons. The zero-order valence-electron chi connectivity index (χ0n) is 9.12. The number of azo groups is 1. The van der Waals surface area contributed by atoms with Gasteiger partial charge in [0.05, 0.1) is 12.1 Å². The molecule has 0 aromatic rings. The summed E-state index contributed by atoms with van der Waals surface area (Å²) in [4.78, 5) is 0. The van der Waals surface area contributed by atoms with Crippen LogP contribution in [0.4, 0.5) is 0 Å². The van der Waals surface area contributed by atoms with Gasteiger partial charge in [0.1, 0.15) is 0 Å². The van der Waals surface area contributed by atoms with Crippen molar-refractivity contribution in [1.82, 2.24) is 0 Å². The molecule has 0 saturated heterocycles. The van der Waals surface area contributed by atoms with E-state index in [1.165, 1.54) is 64.2 Å². The fourth-order valence-electron chi connectivity index (χ4n) is 2.58. The van der Waals surface area contributed by atoms with Crippen LogP contribution in [0.5, 0.6) is 0 Å². The highest BCUT2D eigenvalue weighted by atomic mass is 15.1. The Balaban J connectivity index is 1.73. The van der Waals surface area contributed by atoms with Crippen LogP contribution >= 0.6 is 0 Å². The van der Waals surface area contributed by atoms with Crippen LogP contribution in [0.2, 0.25) is 0 Å². The first-order chi connectivity index (χ1) is 6.95. The van der Waals surface area contributed by atoms with E-state index in [9.17, 15) is 0 Å². The molecule has 0 aliphatic heterocycles. The normalized spacial score (nSPS) is 27.1. The van der Waals surface area contributed by atoms with E-state index in [-0.39, 0.29) is 0 Å². The van der Waals surface area contributed by atoms with Crippen LogP contribution in [0.1, 0.15) is 64.2 Å². The maximum absolute atomic E-state index is 4.53. The first kappa shape index (κ1) is 10.1. The molecule has 2 fully saturated rings. The molecular weight excluding hydrogens is 172 g/mol. The van der Waals surface area contributed by atoms with E-state index < -0.39 is 0 Å². The van der Waals surface area contributed by atoms with Gasteiger partial charge in [-0.1, -0.05) is 38.5 Å². The second-order valence-electron chi connectivity index (χ2n) is 4.81. The Bertz CT molecular complexity index is 157. The average Bonchev–Trinajstić information content (AvgIpc) is 2.29. The summed E-state index contributed by atoms with van der Waals surface area (Å²) in [7, 11) is 0. The van der Waals surface area contributed by atoms with Gasteiger partial charge in [0.25, 0.3) is 0 Å². The Morgan fingerprint density at radius 1 is 0.500 bits per heavy atom. The summed E-state index contributed by atoms with van der Waals surface area (Å²) in [5.41, 5.74) is 0. The van der Waals surface area contributed by atoms with E-state index in [0.29, 0.717) is 12.1 Å². The molecule has 2 aliphatic rings. The predicted molar refractivity (Wildman–Crippen MR) is 58.6 cm³/mol. The lowest BCUT2D eigenvalue weighted by Crippen LogP contribution is -2.12. The topological polar surface area (TPSA) is 24.7 Å². The van der Waals surface area contributed by atoms with Gasteiger partial charge in [-0.15, -0.1) is 0 Å². The van der Waals surface area contributed by atoms with Gasteiger partial charge in [0.2, 0.25) is 0 Å². The minimum absolute atomic E-state index is 0.575. The minimum atomic E-state index is 0.575. The van der Waals surface area contributed by atoms with Crippen LogP contribution in [-0.2, 0) is 0 Å². The molecule has 0 amide bonds. The van der Waals surface area contributed by atoms with Gasteiger partial charge in [0.15, 0.2) is 0 Å². The maximum atomic E-state index is 4.53. The highest BCUT2D eigenvalue weighted by Crippen LogP contribution is 2.24. The monoisotopic (exact) mass is 194 g/mol. The molecular formula is C12H22N2. The molecule has 2 heteroatoms. The first-order valence-corrected chi connectivity index (χ1v) is 6.35. The van der Waals surface area contributed by atoms with Crippen molar-refractivity contribution in [3.63, 3.8) is 0 Å².